The van der Waals surface area contributed by atoms with E-state index in [-0.39, 0.29) is 0 Å². The van der Waals surface area contributed by atoms with Crippen molar-refractivity contribution in [3.63, 3.8) is 0 Å². The summed E-state index contributed by atoms with van der Waals surface area (Å²) in [6.45, 7) is 5.02. The van der Waals surface area contributed by atoms with Gasteiger partial charge in [-0.2, -0.15) is 0 Å². The smallest absolute Gasteiger partial charge is 0.126 e. The van der Waals surface area contributed by atoms with Gasteiger partial charge in [0.2, 0.25) is 0 Å². The number of aromatic nitrogens is 1. The van der Waals surface area contributed by atoms with Crippen molar-refractivity contribution < 1.29 is 0 Å². The van der Waals surface area contributed by atoms with Gasteiger partial charge in [-0.25, -0.2) is 4.98 Å². The lowest BCUT2D eigenvalue weighted by Gasteiger charge is -2.22. The highest BCUT2D eigenvalue weighted by Crippen LogP contribution is 2.14. The number of nitrogens with two attached hydrogens (primary N) is 1. The quantitative estimate of drug-likeness (QED) is 0.813. The Morgan fingerprint density at radius 3 is 2.67 bits per heavy atom. The summed E-state index contributed by atoms with van der Waals surface area (Å²) in [5.41, 5.74) is 5.56. The SMILES string of the molecule is CC(C)C(CCN)Nc1ccc(Cl)cn1. The molecular formula is C11H18ClN3. The van der Waals surface area contributed by atoms with Gasteiger partial charge in [-0.15, -0.1) is 0 Å². The molecule has 1 aromatic heterocycles. The van der Waals surface area contributed by atoms with Gasteiger partial charge in [0.15, 0.2) is 0 Å². The summed E-state index contributed by atoms with van der Waals surface area (Å²) in [6, 6.07) is 4.08. The standard InChI is InChI=1S/C11H18ClN3/c1-8(2)10(5-6-13)15-11-4-3-9(12)7-14-11/h3-4,7-8,10H,5-6,13H2,1-2H3,(H,14,15). The van der Waals surface area contributed by atoms with E-state index in [0.29, 0.717) is 23.5 Å². The summed E-state index contributed by atoms with van der Waals surface area (Å²) in [5, 5.41) is 4.01. The van der Waals surface area contributed by atoms with Crippen molar-refractivity contribution >= 4 is 17.4 Å². The highest BCUT2D eigenvalue weighted by Gasteiger charge is 2.12. The Bertz CT molecular complexity index is 284. The normalized spacial score (nSPS) is 12.9. The zero-order chi connectivity index (χ0) is 11.3. The van der Waals surface area contributed by atoms with Crippen LogP contribution in [0.1, 0.15) is 20.3 Å². The van der Waals surface area contributed by atoms with E-state index in [4.69, 9.17) is 17.3 Å². The second-order valence-electron chi connectivity index (χ2n) is 3.93. The summed E-state index contributed by atoms with van der Waals surface area (Å²) >= 11 is 5.76. The molecule has 0 aromatic carbocycles. The molecule has 0 aliphatic rings. The van der Waals surface area contributed by atoms with Crippen LogP contribution in [0.5, 0.6) is 0 Å². The first-order valence-corrected chi connectivity index (χ1v) is 5.59. The van der Waals surface area contributed by atoms with Crippen molar-refractivity contribution in [2.75, 3.05) is 11.9 Å². The van der Waals surface area contributed by atoms with Gasteiger partial charge in [0.25, 0.3) is 0 Å². The minimum atomic E-state index is 0.365. The van der Waals surface area contributed by atoms with Crippen LogP contribution in [0.25, 0.3) is 0 Å². The van der Waals surface area contributed by atoms with Gasteiger partial charge in [0.05, 0.1) is 5.02 Å². The Morgan fingerprint density at radius 1 is 1.47 bits per heavy atom. The highest BCUT2D eigenvalue weighted by molar-refractivity contribution is 6.30. The second-order valence-corrected chi connectivity index (χ2v) is 4.37. The minimum Gasteiger partial charge on any atom is -0.367 e. The molecule has 4 heteroatoms. The number of pyridine rings is 1. The molecule has 15 heavy (non-hydrogen) atoms. The monoisotopic (exact) mass is 227 g/mol. The molecule has 0 saturated carbocycles. The fraction of sp³-hybridized carbons (Fsp3) is 0.545. The Morgan fingerprint density at radius 2 is 2.20 bits per heavy atom. The molecule has 3 N–H and O–H groups in total. The van der Waals surface area contributed by atoms with Gasteiger partial charge in [0, 0.05) is 12.2 Å². The largest absolute Gasteiger partial charge is 0.367 e. The third-order valence-electron chi connectivity index (χ3n) is 2.34. The van der Waals surface area contributed by atoms with Crippen LogP contribution in [0.2, 0.25) is 5.02 Å². The van der Waals surface area contributed by atoms with Crippen LogP contribution in [-0.2, 0) is 0 Å². The van der Waals surface area contributed by atoms with Crippen molar-refractivity contribution in [1.82, 2.24) is 4.98 Å². The number of hydrogen-bond acceptors (Lipinski definition) is 3. The molecule has 0 saturated heterocycles. The molecule has 1 heterocycles. The number of nitrogens with one attached hydrogen (secondary N) is 1. The van der Waals surface area contributed by atoms with Crippen molar-refractivity contribution in [1.29, 1.82) is 0 Å². The van der Waals surface area contributed by atoms with Crippen LogP contribution in [0.3, 0.4) is 0 Å². The predicted molar refractivity (Wildman–Crippen MR) is 65.2 cm³/mol. The molecule has 0 amide bonds. The third kappa shape index (κ3) is 4.06. The fourth-order valence-electron chi connectivity index (χ4n) is 1.40. The van der Waals surface area contributed by atoms with Gasteiger partial charge < -0.3 is 11.1 Å². The Labute approximate surface area is 96.0 Å². The Balaban J connectivity index is 2.61. The summed E-state index contributed by atoms with van der Waals surface area (Å²) < 4.78 is 0. The molecule has 0 fully saturated rings. The van der Waals surface area contributed by atoms with E-state index in [9.17, 15) is 0 Å². The molecule has 1 aromatic rings. The van der Waals surface area contributed by atoms with Gasteiger partial charge in [0.1, 0.15) is 5.82 Å². The first kappa shape index (κ1) is 12.3. The van der Waals surface area contributed by atoms with Crippen LogP contribution in [0.4, 0.5) is 5.82 Å². The first-order chi connectivity index (χ1) is 7.13. The maximum absolute atomic E-state index is 5.76. The third-order valence-corrected chi connectivity index (χ3v) is 2.57. The van der Waals surface area contributed by atoms with Crippen LogP contribution in [-0.4, -0.2) is 17.6 Å². The lowest BCUT2D eigenvalue weighted by Crippen LogP contribution is -2.28. The molecule has 0 spiro atoms. The summed E-state index contributed by atoms with van der Waals surface area (Å²) in [7, 11) is 0. The average molecular weight is 228 g/mol. The first-order valence-electron chi connectivity index (χ1n) is 5.21. The number of nitrogens with zero attached hydrogens (tertiary/aromatic N) is 1. The van der Waals surface area contributed by atoms with Crippen LogP contribution in [0.15, 0.2) is 18.3 Å². The molecule has 1 unspecified atom stereocenters. The van der Waals surface area contributed by atoms with E-state index >= 15 is 0 Å². The van der Waals surface area contributed by atoms with E-state index in [1.807, 2.05) is 12.1 Å². The van der Waals surface area contributed by atoms with Crippen LogP contribution in [0, 0.1) is 5.92 Å². The van der Waals surface area contributed by atoms with Gasteiger partial charge in [-0.1, -0.05) is 25.4 Å². The van der Waals surface area contributed by atoms with E-state index < -0.39 is 0 Å². The van der Waals surface area contributed by atoms with E-state index in [1.54, 1.807) is 6.20 Å². The molecule has 0 aliphatic carbocycles. The predicted octanol–water partition coefficient (Wildman–Crippen LogP) is 2.52. The molecule has 1 atom stereocenters. The van der Waals surface area contributed by atoms with E-state index in [0.717, 1.165) is 12.2 Å². The van der Waals surface area contributed by atoms with Crippen molar-refractivity contribution in [3.8, 4) is 0 Å². The molecule has 3 nitrogen and oxygen atoms in total. The Hall–Kier alpha value is -0.800. The van der Waals surface area contributed by atoms with Gasteiger partial charge >= 0.3 is 0 Å². The number of anilines is 1. The lowest BCUT2D eigenvalue weighted by molar-refractivity contribution is 0.497. The van der Waals surface area contributed by atoms with E-state index in [1.165, 1.54) is 0 Å². The van der Waals surface area contributed by atoms with Crippen molar-refractivity contribution in [3.05, 3.63) is 23.4 Å². The average Bonchev–Trinajstić information content (AvgIpc) is 2.20. The number of hydrogen-bond donors (Lipinski definition) is 2. The van der Waals surface area contributed by atoms with Crippen LogP contribution >= 0.6 is 11.6 Å². The second kappa shape index (κ2) is 5.93. The van der Waals surface area contributed by atoms with Crippen molar-refractivity contribution in [2.24, 2.45) is 11.7 Å². The summed E-state index contributed by atoms with van der Waals surface area (Å²) in [5.74, 6) is 1.39. The molecular weight excluding hydrogens is 210 g/mol. The summed E-state index contributed by atoms with van der Waals surface area (Å²) in [6.07, 6.45) is 2.59. The minimum absolute atomic E-state index is 0.365. The Kier molecular flexibility index (Phi) is 4.85. The highest BCUT2D eigenvalue weighted by atomic mass is 35.5. The molecule has 1 rings (SSSR count). The zero-order valence-electron chi connectivity index (χ0n) is 9.20. The maximum Gasteiger partial charge on any atom is 0.126 e. The molecule has 0 bridgehead atoms. The van der Waals surface area contributed by atoms with Crippen LogP contribution < -0.4 is 11.1 Å². The van der Waals surface area contributed by atoms with Gasteiger partial charge in [-0.05, 0) is 31.0 Å². The molecule has 0 radical (unpaired) electrons. The van der Waals surface area contributed by atoms with Crippen molar-refractivity contribution in [2.45, 2.75) is 26.3 Å². The lowest BCUT2D eigenvalue weighted by atomic mass is 10.0. The molecule has 84 valence electrons. The zero-order valence-corrected chi connectivity index (χ0v) is 9.96. The number of halogens is 1. The molecule has 0 aliphatic heterocycles. The maximum atomic E-state index is 5.76. The van der Waals surface area contributed by atoms with E-state index in [2.05, 4.69) is 24.1 Å². The van der Waals surface area contributed by atoms with Gasteiger partial charge in [-0.3, -0.25) is 0 Å². The topological polar surface area (TPSA) is 50.9 Å². The number of rotatable bonds is 5. The fourth-order valence-corrected chi connectivity index (χ4v) is 1.51. The summed E-state index contributed by atoms with van der Waals surface area (Å²) in [4.78, 5) is 4.20.